The SMILES string of the molecule is COCCn1c(SCC(=O)Nc2cc(C(=O)OC)ccc2C(=O)OC)nc2cc(Cl)ccc21. The minimum atomic E-state index is -0.646. The first-order valence-electron chi connectivity index (χ1n) is 9.76. The summed E-state index contributed by atoms with van der Waals surface area (Å²) >= 11 is 7.31. The number of rotatable bonds is 9. The van der Waals surface area contributed by atoms with Crippen LogP contribution < -0.4 is 5.32 Å². The number of hydrogen-bond donors (Lipinski definition) is 1. The number of ether oxygens (including phenoxy) is 3. The van der Waals surface area contributed by atoms with Crippen LogP contribution in [0.4, 0.5) is 5.69 Å². The first-order valence-corrected chi connectivity index (χ1v) is 11.1. The van der Waals surface area contributed by atoms with Crippen molar-refractivity contribution in [3.8, 4) is 0 Å². The first kappa shape index (κ1) is 24.6. The molecule has 2 aromatic carbocycles. The lowest BCUT2D eigenvalue weighted by Crippen LogP contribution is -2.18. The zero-order valence-corrected chi connectivity index (χ0v) is 19.8. The maximum Gasteiger partial charge on any atom is 0.339 e. The van der Waals surface area contributed by atoms with E-state index in [1.807, 2.05) is 10.6 Å². The van der Waals surface area contributed by atoms with E-state index in [1.54, 1.807) is 19.2 Å². The highest BCUT2D eigenvalue weighted by Crippen LogP contribution is 2.27. The molecule has 11 heteroatoms. The Morgan fingerprint density at radius 2 is 1.82 bits per heavy atom. The first-order chi connectivity index (χ1) is 15.9. The number of imidazole rings is 1. The van der Waals surface area contributed by atoms with Gasteiger partial charge in [0.1, 0.15) is 0 Å². The Morgan fingerprint density at radius 3 is 2.52 bits per heavy atom. The molecule has 1 aromatic heterocycles. The molecule has 0 radical (unpaired) electrons. The van der Waals surface area contributed by atoms with Crippen molar-refractivity contribution in [1.82, 2.24) is 9.55 Å². The number of fused-ring (bicyclic) bond motifs is 1. The summed E-state index contributed by atoms with van der Waals surface area (Å²) in [6.45, 7) is 1.02. The van der Waals surface area contributed by atoms with Crippen molar-refractivity contribution in [2.45, 2.75) is 11.7 Å². The summed E-state index contributed by atoms with van der Waals surface area (Å²) in [4.78, 5) is 41.2. The predicted octanol–water partition coefficient (Wildman–Crippen LogP) is 3.64. The van der Waals surface area contributed by atoms with Crippen LogP contribution in [0.5, 0.6) is 0 Å². The molecule has 3 aromatic rings. The van der Waals surface area contributed by atoms with Crippen LogP contribution in [0.1, 0.15) is 20.7 Å². The van der Waals surface area contributed by atoms with E-state index in [0.29, 0.717) is 28.8 Å². The van der Waals surface area contributed by atoms with Crippen molar-refractivity contribution in [3.05, 3.63) is 52.5 Å². The summed E-state index contributed by atoms with van der Waals surface area (Å²) in [6.07, 6.45) is 0. The second kappa shape index (κ2) is 11.2. The van der Waals surface area contributed by atoms with Crippen LogP contribution in [0.3, 0.4) is 0 Å². The highest BCUT2D eigenvalue weighted by Gasteiger charge is 2.19. The van der Waals surface area contributed by atoms with E-state index in [4.69, 9.17) is 25.8 Å². The molecule has 9 nitrogen and oxygen atoms in total. The highest BCUT2D eigenvalue weighted by molar-refractivity contribution is 7.99. The summed E-state index contributed by atoms with van der Waals surface area (Å²) in [6, 6.07) is 9.59. The number of methoxy groups -OCH3 is 3. The van der Waals surface area contributed by atoms with Crippen LogP contribution in [0.25, 0.3) is 11.0 Å². The molecule has 0 saturated carbocycles. The van der Waals surface area contributed by atoms with Crippen molar-refractivity contribution in [2.24, 2.45) is 0 Å². The minimum absolute atomic E-state index is 0.00704. The van der Waals surface area contributed by atoms with E-state index in [0.717, 1.165) is 5.52 Å². The molecule has 33 heavy (non-hydrogen) atoms. The van der Waals surface area contributed by atoms with Gasteiger partial charge < -0.3 is 24.1 Å². The quantitative estimate of drug-likeness (QED) is 0.357. The molecule has 0 atom stereocenters. The van der Waals surface area contributed by atoms with Gasteiger partial charge >= 0.3 is 11.9 Å². The molecule has 0 aliphatic carbocycles. The third kappa shape index (κ3) is 5.84. The number of carbonyl (C=O) groups is 3. The van der Waals surface area contributed by atoms with Gasteiger partial charge in [-0.1, -0.05) is 23.4 Å². The molecule has 0 saturated heterocycles. The molecular formula is C22H22ClN3O6S. The number of esters is 2. The molecule has 174 valence electrons. The number of carbonyl (C=O) groups excluding carboxylic acids is 3. The maximum absolute atomic E-state index is 12.7. The number of thioether (sulfide) groups is 1. The van der Waals surface area contributed by atoms with Crippen molar-refractivity contribution >= 4 is 57.9 Å². The molecular weight excluding hydrogens is 470 g/mol. The Bertz CT molecular complexity index is 1200. The third-order valence-electron chi connectivity index (χ3n) is 4.65. The smallest absolute Gasteiger partial charge is 0.339 e. The molecule has 0 aliphatic rings. The van der Waals surface area contributed by atoms with Gasteiger partial charge in [0.2, 0.25) is 5.91 Å². The molecule has 0 fully saturated rings. The topological polar surface area (TPSA) is 109 Å². The Morgan fingerprint density at radius 1 is 1.06 bits per heavy atom. The van der Waals surface area contributed by atoms with Gasteiger partial charge in [0.25, 0.3) is 0 Å². The number of hydrogen-bond acceptors (Lipinski definition) is 8. The fourth-order valence-corrected chi connectivity index (χ4v) is 4.09. The van der Waals surface area contributed by atoms with E-state index in [9.17, 15) is 14.4 Å². The van der Waals surface area contributed by atoms with Crippen LogP contribution in [0.15, 0.2) is 41.6 Å². The summed E-state index contributed by atoms with van der Waals surface area (Å²) < 4.78 is 16.6. The number of amides is 1. The standard InChI is InChI=1S/C22H22ClN3O6S/c1-30-9-8-26-18-7-5-14(23)11-17(18)25-22(26)33-12-19(27)24-16-10-13(20(28)31-2)4-6-15(16)21(29)32-3/h4-7,10-11H,8-9,12H2,1-3H3,(H,24,27). The normalized spacial score (nSPS) is 10.8. The van der Waals surface area contributed by atoms with Crippen LogP contribution in [-0.4, -0.2) is 61.1 Å². The summed E-state index contributed by atoms with van der Waals surface area (Å²) in [5.41, 5.74) is 2.03. The lowest BCUT2D eigenvalue weighted by Gasteiger charge is -2.12. The van der Waals surface area contributed by atoms with Crippen LogP contribution in [0, 0.1) is 0 Å². The average molecular weight is 492 g/mol. The van der Waals surface area contributed by atoms with E-state index in [1.165, 1.54) is 44.2 Å². The number of halogens is 1. The lowest BCUT2D eigenvalue weighted by molar-refractivity contribution is -0.113. The van der Waals surface area contributed by atoms with Gasteiger partial charge in [-0.15, -0.1) is 0 Å². The van der Waals surface area contributed by atoms with Gasteiger partial charge in [0.05, 0.1) is 54.4 Å². The third-order valence-corrected chi connectivity index (χ3v) is 5.86. The fraction of sp³-hybridized carbons (Fsp3) is 0.273. The number of nitrogens with one attached hydrogen (secondary N) is 1. The van der Waals surface area contributed by atoms with Crippen LogP contribution >= 0.6 is 23.4 Å². The maximum atomic E-state index is 12.7. The van der Waals surface area contributed by atoms with Crippen LogP contribution in [-0.2, 0) is 25.5 Å². The molecule has 1 heterocycles. The molecule has 0 spiro atoms. The highest BCUT2D eigenvalue weighted by atomic mass is 35.5. The summed E-state index contributed by atoms with van der Waals surface area (Å²) in [7, 11) is 4.08. The molecule has 0 bridgehead atoms. The number of nitrogens with zero attached hydrogens (tertiary/aromatic N) is 2. The minimum Gasteiger partial charge on any atom is -0.465 e. The van der Waals surface area contributed by atoms with E-state index in [2.05, 4.69) is 10.3 Å². The van der Waals surface area contributed by atoms with Gasteiger partial charge in [0, 0.05) is 18.7 Å². The number of anilines is 1. The number of aromatic nitrogens is 2. The fourth-order valence-electron chi connectivity index (χ4n) is 3.09. The van der Waals surface area contributed by atoms with Crippen molar-refractivity contribution in [1.29, 1.82) is 0 Å². The largest absolute Gasteiger partial charge is 0.465 e. The molecule has 0 unspecified atom stereocenters. The van der Waals surface area contributed by atoms with Gasteiger partial charge in [-0.05, 0) is 36.4 Å². The lowest BCUT2D eigenvalue weighted by atomic mass is 10.1. The summed E-state index contributed by atoms with van der Waals surface area (Å²) in [5.74, 6) is -1.63. The zero-order chi connectivity index (χ0) is 24.0. The van der Waals surface area contributed by atoms with Gasteiger partial charge in [-0.25, -0.2) is 14.6 Å². The van der Waals surface area contributed by atoms with Crippen LogP contribution in [0.2, 0.25) is 5.02 Å². The Kier molecular flexibility index (Phi) is 8.32. The number of benzene rings is 2. The summed E-state index contributed by atoms with van der Waals surface area (Å²) in [5, 5.41) is 3.85. The molecule has 1 amide bonds. The predicted molar refractivity (Wildman–Crippen MR) is 125 cm³/mol. The average Bonchev–Trinajstić information content (AvgIpc) is 3.16. The molecule has 0 aliphatic heterocycles. The van der Waals surface area contributed by atoms with Crippen molar-refractivity contribution in [2.75, 3.05) is 39.0 Å². The zero-order valence-electron chi connectivity index (χ0n) is 18.2. The van der Waals surface area contributed by atoms with Gasteiger partial charge in [0.15, 0.2) is 5.16 Å². The Balaban J connectivity index is 1.81. The molecule has 1 N–H and O–H groups in total. The van der Waals surface area contributed by atoms with Crippen molar-refractivity contribution in [3.63, 3.8) is 0 Å². The van der Waals surface area contributed by atoms with E-state index < -0.39 is 17.8 Å². The Labute approximate surface area is 199 Å². The van der Waals surface area contributed by atoms with Gasteiger partial charge in [-0.3, -0.25) is 4.79 Å². The molecule has 3 rings (SSSR count). The monoisotopic (exact) mass is 491 g/mol. The second-order valence-corrected chi connectivity index (χ2v) is 8.13. The van der Waals surface area contributed by atoms with Crippen molar-refractivity contribution < 1.29 is 28.6 Å². The van der Waals surface area contributed by atoms with Gasteiger partial charge in [-0.2, -0.15) is 0 Å². The van der Waals surface area contributed by atoms with E-state index >= 15 is 0 Å². The Hall–Kier alpha value is -3.08. The van der Waals surface area contributed by atoms with E-state index in [-0.39, 0.29) is 22.6 Å². The second-order valence-electron chi connectivity index (χ2n) is 6.75.